The smallest absolute Gasteiger partial charge is 0.112 e. The molecular formula is C14H12N4. The molecule has 2 aromatic heterocycles. The molecule has 4 rings (SSSR count). The van der Waals surface area contributed by atoms with E-state index in [1.807, 2.05) is 42.6 Å². The van der Waals surface area contributed by atoms with Crippen LogP contribution >= 0.6 is 0 Å². The maximum Gasteiger partial charge on any atom is 0.112 e. The second-order valence-corrected chi connectivity index (χ2v) is 3.88. The molecule has 2 heterocycles. The Kier molecular flexibility index (Phi) is 2.75. The van der Waals surface area contributed by atoms with Crippen molar-refractivity contribution >= 4 is 21.9 Å². The van der Waals surface area contributed by atoms with Gasteiger partial charge >= 0.3 is 0 Å². The number of para-hydroxylation sites is 3. The lowest BCUT2D eigenvalue weighted by atomic mass is 10.3. The molecule has 0 unspecified atom stereocenters. The molecule has 0 atom stereocenters. The highest BCUT2D eigenvalue weighted by Crippen LogP contribution is 2.09. The van der Waals surface area contributed by atoms with Gasteiger partial charge in [0.1, 0.15) is 11.0 Å². The molecule has 0 fully saturated rings. The third kappa shape index (κ3) is 2.08. The highest BCUT2D eigenvalue weighted by atomic mass is 15.3. The van der Waals surface area contributed by atoms with Gasteiger partial charge in [-0.15, -0.1) is 0 Å². The first kappa shape index (κ1) is 10.5. The molecule has 18 heavy (non-hydrogen) atoms. The number of hydrogen-bond acceptors (Lipinski definition) is 2. The van der Waals surface area contributed by atoms with E-state index >= 15 is 0 Å². The number of nitrogens with zero attached hydrogens (tertiary/aromatic N) is 2. The minimum Gasteiger partial charge on any atom is -0.361 e. The van der Waals surface area contributed by atoms with Gasteiger partial charge in [0.25, 0.3) is 0 Å². The Morgan fingerprint density at radius 1 is 0.722 bits per heavy atom. The van der Waals surface area contributed by atoms with Crippen LogP contribution in [0.15, 0.2) is 60.8 Å². The summed E-state index contributed by atoms with van der Waals surface area (Å²) in [6.45, 7) is 0. The minimum atomic E-state index is 0.914. The molecule has 0 bridgehead atoms. The summed E-state index contributed by atoms with van der Waals surface area (Å²) in [6, 6.07) is 18.0. The van der Waals surface area contributed by atoms with E-state index in [4.69, 9.17) is 0 Å². The van der Waals surface area contributed by atoms with Crippen molar-refractivity contribution in [3.8, 4) is 0 Å². The first-order valence-electron chi connectivity index (χ1n) is 5.71. The largest absolute Gasteiger partial charge is 0.361 e. The Hall–Kier alpha value is -2.62. The second kappa shape index (κ2) is 4.71. The van der Waals surface area contributed by atoms with Crippen LogP contribution in [0, 0.1) is 0 Å². The number of aromatic amines is 2. The summed E-state index contributed by atoms with van der Waals surface area (Å²) in [5.41, 5.74) is 3.03. The van der Waals surface area contributed by atoms with Gasteiger partial charge in [-0.1, -0.05) is 30.3 Å². The fourth-order valence-corrected chi connectivity index (χ4v) is 1.78. The van der Waals surface area contributed by atoms with Crippen LogP contribution in [0.25, 0.3) is 21.9 Å². The quantitative estimate of drug-likeness (QED) is 0.493. The zero-order valence-corrected chi connectivity index (χ0v) is 9.67. The number of H-pyrrole nitrogens is 2. The van der Waals surface area contributed by atoms with Gasteiger partial charge in [-0.25, -0.2) is 0 Å². The Labute approximate surface area is 104 Å². The Morgan fingerprint density at radius 3 is 2.11 bits per heavy atom. The summed E-state index contributed by atoms with van der Waals surface area (Å²) in [6.07, 6.45) is 1.95. The second-order valence-electron chi connectivity index (χ2n) is 3.88. The predicted molar refractivity (Wildman–Crippen MR) is 72.2 cm³/mol. The average Bonchev–Trinajstić information content (AvgIpc) is 3.08. The molecule has 0 aliphatic rings. The van der Waals surface area contributed by atoms with Crippen molar-refractivity contribution in [2.45, 2.75) is 0 Å². The molecule has 88 valence electrons. The molecule has 2 aromatic carbocycles. The molecular weight excluding hydrogens is 224 g/mol. The summed E-state index contributed by atoms with van der Waals surface area (Å²) < 4.78 is 0. The topological polar surface area (TPSA) is 57.4 Å². The van der Waals surface area contributed by atoms with Gasteiger partial charge in [0.15, 0.2) is 0 Å². The monoisotopic (exact) mass is 236 g/mol. The molecule has 2 N–H and O–H groups in total. The summed E-state index contributed by atoms with van der Waals surface area (Å²) in [4.78, 5) is 3.12. The average molecular weight is 236 g/mol. The predicted octanol–water partition coefficient (Wildman–Crippen LogP) is 3.13. The van der Waals surface area contributed by atoms with Crippen LogP contribution < -0.4 is 0 Å². The van der Waals surface area contributed by atoms with Crippen LogP contribution in [-0.4, -0.2) is 20.4 Å². The van der Waals surface area contributed by atoms with E-state index < -0.39 is 0 Å². The normalized spacial score (nSPS) is 10.2. The van der Waals surface area contributed by atoms with E-state index in [-0.39, 0.29) is 0 Å². The molecule has 0 amide bonds. The molecule has 4 aromatic rings. The van der Waals surface area contributed by atoms with Crippen LogP contribution in [0.1, 0.15) is 0 Å². The van der Waals surface area contributed by atoms with E-state index in [0.29, 0.717) is 0 Å². The summed E-state index contributed by atoms with van der Waals surface area (Å²) in [7, 11) is 0. The molecule has 4 heteroatoms. The van der Waals surface area contributed by atoms with Crippen molar-refractivity contribution in [3.63, 3.8) is 0 Å². The van der Waals surface area contributed by atoms with Crippen molar-refractivity contribution < 1.29 is 0 Å². The number of fused-ring (bicyclic) bond motifs is 2. The lowest BCUT2D eigenvalue weighted by Gasteiger charge is -1.83. The van der Waals surface area contributed by atoms with E-state index in [2.05, 4.69) is 38.6 Å². The number of benzene rings is 2. The molecule has 0 saturated heterocycles. The van der Waals surface area contributed by atoms with Gasteiger partial charge in [-0.3, -0.25) is 0 Å². The van der Waals surface area contributed by atoms with Crippen LogP contribution in [0.3, 0.4) is 0 Å². The summed E-state index contributed by atoms with van der Waals surface area (Å²) in [5, 5.41) is 11.6. The van der Waals surface area contributed by atoms with Gasteiger partial charge < -0.3 is 4.98 Å². The molecule has 4 nitrogen and oxygen atoms in total. The highest BCUT2D eigenvalue weighted by Gasteiger charge is 1.90. The van der Waals surface area contributed by atoms with Gasteiger partial charge in [0, 0.05) is 11.7 Å². The van der Waals surface area contributed by atoms with E-state index in [1.165, 1.54) is 10.9 Å². The van der Waals surface area contributed by atoms with E-state index in [9.17, 15) is 0 Å². The maximum absolute atomic E-state index is 3.88. The van der Waals surface area contributed by atoms with E-state index in [1.54, 1.807) is 0 Å². The molecule has 0 aliphatic heterocycles. The third-order valence-corrected chi connectivity index (χ3v) is 2.69. The van der Waals surface area contributed by atoms with Gasteiger partial charge in [-0.05, 0) is 29.7 Å². The van der Waals surface area contributed by atoms with Crippen molar-refractivity contribution in [1.82, 2.24) is 20.4 Å². The lowest BCUT2D eigenvalue weighted by molar-refractivity contribution is 0.959. The number of rotatable bonds is 0. The highest BCUT2D eigenvalue weighted by molar-refractivity contribution is 5.78. The minimum absolute atomic E-state index is 0.914. The fourth-order valence-electron chi connectivity index (χ4n) is 1.78. The molecule has 0 saturated carbocycles. The van der Waals surface area contributed by atoms with Gasteiger partial charge in [0.05, 0.1) is 0 Å². The number of nitrogens with one attached hydrogen (secondary N) is 2. The first-order valence-corrected chi connectivity index (χ1v) is 5.71. The fraction of sp³-hybridized carbons (Fsp3) is 0. The summed E-state index contributed by atoms with van der Waals surface area (Å²) >= 11 is 0. The standard InChI is InChI=1S/C8H7N.C6H5N3/c1-2-4-8-7(3-1)5-6-9-8;1-2-4-6-5(3-1)7-9-8-6/h1-6,9H;1-4H,(H,7,8,9). The SMILES string of the molecule is c1ccc2[nH]ccc2c1.c1ccc2n[nH]nc2c1. The zero-order chi connectivity index (χ0) is 12.2. The zero-order valence-electron chi connectivity index (χ0n) is 9.67. The van der Waals surface area contributed by atoms with Crippen molar-refractivity contribution in [2.24, 2.45) is 0 Å². The number of aromatic nitrogens is 4. The van der Waals surface area contributed by atoms with Crippen molar-refractivity contribution in [2.75, 3.05) is 0 Å². The lowest BCUT2D eigenvalue weighted by Crippen LogP contribution is -1.63. The Bertz CT molecular complexity index is 628. The molecule has 0 aliphatic carbocycles. The maximum atomic E-state index is 3.88. The molecule has 0 spiro atoms. The van der Waals surface area contributed by atoms with E-state index in [0.717, 1.165) is 11.0 Å². The Balaban J connectivity index is 0.000000111. The van der Waals surface area contributed by atoms with Crippen LogP contribution in [-0.2, 0) is 0 Å². The van der Waals surface area contributed by atoms with Crippen molar-refractivity contribution in [1.29, 1.82) is 0 Å². The first-order chi connectivity index (χ1) is 8.93. The van der Waals surface area contributed by atoms with Crippen LogP contribution in [0.2, 0.25) is 0 Å². The third-order valence-electron chi connectivity index (χ3n) is 2.69. The Morgan fingerprint density at radius 2 is 1.39 bits per heavy atom. The summed E-state index contributed by atoms with van der Waals surface area (Å²) in [5.74, 6) is 0. The van der Waals surface area contributed by atoms with Gasteiger partial charge in [-0.2, -0.15) is 15.4 Å². The van der Waals surface area contributed by atoms with Crippen LogP contribution in [0.5, 0.6) is 0 Å². The van der Waals surface area contributed by atoms with Crippen molar-refractivity contribution in [3.05, 3.63) is 60.8 Å². The van der Waals surface area contributed by atoms with Gasteiger partial charge in [0.2, 0.25) is 0 Å². The van der Waals surface area contributed by atoms with Crippen LogP contribution in [0.4, 0.5) is 0 Å². The number of hydrogen-bond donors (Lipinski definition) is 2. The molecule has 0 radical (unpaired) electrons.